The number of rotatable bonds is 8. The van der Waals surface area contributed by atoms with Crippen LogP contribution in [0.25, 0.3) is 0 Å². The summed E-state index contributed by atoms with van der Waals surface area (Å²) in [4.78, 5) is 31.1. The highest BCUT2D eigenvalue weighted by atomic mass is 16.7. The summed E-state index contributed by atoms with van der Waals surface area (Å²) in [5, 5.41) is 25.5. The third-order valence-corrected chi connectivity index (χ3v) is 3.24. The van der Waals surface area contributed by atoms with Crippen molar-refractivity contribution in [2.75, 3.05) is 0 Å². The second-order valence-corrected chi connectivity index (χ2v) is 5.07. The Morgan fingerprint density at radius 1 is 0.958 bits per heavy atom. The van der Waals surface area contributed by atoms with Crippen LogP contribution >= 0.6 is 0 Å². The lowest BCUT2D eigenvalue weighted by Gasteiger charge is -2.12. The van der Waals surface area contributed by atoms with Gasteiger partial charge in [-0.15, -0.1) is 0 Å². The number of unbranched alkanes of at least 4 members (excludes halogenated alkanes) is 2. The monoisotopic (exact) mass is 340 g/mol. The minimum Gasteiger partial charge on any atom is -0.478 e. The Bertz CT molecular complexity index is 506. The quantitative estimate of drug-likeness (QED) is 0.480. The van der Waals surface area contributed by atoms with E-state index in [9.17, 15) is 14.4 Å². The molecule has 7 nitrogen and oxygen atoms in total. The third-order valence-electron chi connectivity index (χ3n) is 3.24. The fraction of sp³-hybridized carbons (Fsp3) is 0.471. The molecule has 24 heavy (non-hydrogen) atoms. The van der Waals surface area contributed by atoms with Crippen LogP contribution in [-0.2, 0) is 4.74 Å². The van der Waals surface area contributed by atoms with Crippen molar-refractivity contribution in [1.29, 1.82) is 0 Å². The number of aromatic carboxylic acids is 2. The molecule has 0 aliphatic heterocycles. The molecular formula is C17H24O7. The molecule has 1 unspecified atom stereocenters. The van der Waals surface area contributed by atoms with Crippen LogP contribution in [0.4, 0.5) is 4.79 Å². The molecule has 134 valence electrons. The first-order valence-corrected chi connectivity index (χ1v) is 7.78. The molecule has 0 radical (unpaired) electrons. The Balaban J connectivity index is 0.000000441. The van der Waals surface area contributed by atoms with Crippen LogP contribution in [0.2, 0.25) is 0 Å². The lowest BCUT2D eigenvalue weighted by Crippen LogP contribution is -2.15. The maximum absolute atomic E-state index is 10.5. The summed E-state index contributed by atoms with van der Waals surface area (Å²) in [6, 6.07) is 5.48. The second-order valence-electron chi connectivity index (χ2n) is 5.07. The molecule has 3 N–H and O–H groups in total. The van der Waals surface area contributed by atoms with E-state index >= 15 is 0 Å². The topological polar surface area (TPSA) is 121 Å². The number of hydrogen-bond acceptors (Lipinski definition) is 4. The molecule has 0 saturated heterocycles. The van der Waals surface area contributed by atoms with Gasteiger partial charge in [0.2, 0.25) is 0 Å². The standard InChI is InChI=1S/C9H18O3.C8H6O4/c1-3-5-6-7-8(4-2)12-9(10)11;9-7(10)5-3-1-2-4-6(5)8(11)12/h8H,3-7H2,1-2H3,(H,10,11);1-4H,(H,9,10)(H,11,12). The number of carbonyl (C=O) groups is 3. The van der Waals surface area contributed by atoms with Gasteiger partial charge in [-0.3, -0.25) is 0 Å². The van der Waals surface area contributed by atoms with E-state index in [0.717, 1.165) is 32.1 Å². The Hall–Kier alpha value is -2.57. The van der Waals surface area contributed by atoms with Crippen LogP contribution in [0.3, 0.4) is 0 Å². The van der Waals surface area contributed by atoms with Crippen molar-refractivity contribution in [3.05, 3.63) is 35.4 Å². The largest absolute Gasteiger partial charge is 0.506 e. The fourth-order valence-corrected chi connectivity index (χ4v) is 1.97. The third kappa shape index (κ3) is 8.77. The lowest BCUT2D eigenvalue weighted by atomic mass is 10.1. The molecule has 0 heterocycles. The maximum Gasteiger partial charge on any atom is 0.506 e. The predicted octanol–water partition coefficient (Wildman–Crippen LogP) is 4.12. The van der Waals surface area contributed by atoms with Crippen molar-refractivity contribution in [2.24, 2.45) is 0 Å². The minimum absolute atomic E-state index is 0.103. The van der Waals surface area contributed by atoms with Crippen LogP contribution in [-0.4, -0.2) is 39.5 Å². The van der Waals surface area contributed by atoms with Gasteiger partial charge in [-0.2, -0.15) is 0 Å². The molecule has 0 amide bonds. The summed E-state index contributed by atoms with van der Waals surface area (Å²) in [5.74, 6) is -2.46. The van der Waals surface area contributed by atoms with Crippen LogP contribution in [0.1, 0.15) is 66.7 Å². The zero-order chi connectivity index (χ0) is 18.5. The summed E-state index contributed by atoms with van der Waals surface area (Å²) in [6.45, 7) is 4.07. The molecule has 1 aromatic carbocycles. The molecule has 0 saturated carbocycles. The van der Waals surface area contributed by atoms with Crippen molar-refractivity contribution in [2.45, 2.75) is 52.1 Å². The highest BCUT2D eigenvalue weighted by Crippen LogP contribution is 2.10. The summed E-state index contributed by atoms with van der Waals surface area (Å²) in [5.41, 5.74) is -0.380. The number of carboxylic acid groups (broad SMARTS) is 3. The van der Waals surface area contributed by atoms with E-state index in [1.165, 1.54) is 24.3 Å². The maximum atomic E-state index is 10.5. The van der Waals surface area contributed by atoms with E-state index in [4.69, 9.17) is 15.3 Å². The molecule has 1 atom stereocenters. The van der Waals surface area contributed by atoms with Crippen LogP contribution in [0, 0.1) is 0 Å². The van der Waals surface area contributed by atoms with Crippen molar-refractivity contribution in [3.63, 3.8) is 0 Å². The lowest BCUT2D eigenvalue weighted by molar-refractivity contribution is 0.0454. The average Bonchev–Trinajstić information content (AvgIpc) is 2.54. The first kappa shape index (κ1) is 21.4. The van der Waals surface area contributed by atoms with Crippen molar-refractivity contribution < 1.29 is 34.4 Å². The highest BCUT2D eigenvalue weighted by Gasteiger charge is 2.13. The van der Waals surface area contributed by atoms with Gasteiger partial charge in [0, 0.05) is 0 Å². The molecule has 0 spiro atoms. The summed E-state index contributed by atoms with van der Waals surface area (Å²) in [7, 11) is 0. The van der Waals surface area contributed by atoms with Crippen molar-refractivity contribution in [1.82, 2.24) is 0 Å². The number of carboxylic acids is 2. The van der Waals surface area contributed by atoms with Gasteiger partial charge >= 0.3 is 18.1 Å². The first-order valence-electron chi connectivity index (χ1n) is 7.78. The van der Waals surface area contributed by atoms with Gasteiger partial charge in [0.05, 0.1) is 11.1 Å². The zero-order valence-corrected chi connectivity index (χ0v) is 13.9. The molecule has 7 heteroatoms. The SMILES string of the molecule is CCCCCC(CC)OC(=O)O.O=C(O)c1ccccc1C(=O)O. The van der Waals surface area contributed by atoms with Gasteiger partial charge in [-0.05, 0) is 31.4 Å². The number of ether oxygens (including phenoxy) is 1. The van der Waals surface area contributed by atoms with Crippen molar-refractivity contribution in [3.8, 4) is 0 Å². The van der Waals surface area contributed by atoms with E-state index in [1.807, 2.05) is 6.92 Å². The van der Waals surface area contributed by atoms with E-state index < -0.39 is 18.1 Å². The fourth-order valence-electron chi connectivity index (χ4n) is 1.97. The molecule has 0 fully saturated rings. The van der Waals surface area contributed by atoms with Crippen molar-refractivity contribution >= 4 is 18.1 Å². The van der Waals surface area contributed by atoms with E-state index in [-0.39, 0.29) is 17.2 Å². The summed E-state index contributed by atoms with van der Waals surface area (Å²) < 4.78 is 4.66. The molecule has 1 aromatic rings. The molecule has 0 aliphatic rings. The molecular weight excluding hydrogens is 316 g/mol. The Labute approximate surface area is 140 Å². The van der Waals surface area contributed by atoms with Gasteiger partial charge in [0.15, 0.2) is 0 Å². The smallest absolute Gasteiger partial charge is 0.478 e. The molecule has 0 aromatic heterocycles. The van der Waals surface area contributed by atoms with Gasteiger partial charge in [-0.1, -0.05) is 38.8 Å². The van der Waals surface area contributed by atoms with Gasteiger partial charge in [0.1, 0.15) is 6.10 Å². The van der Waals surface area contributed by atoms with Gasteiger partial charge in [-0.25, -0.2) is 14.4 Å². The average molecular weight is 340 g/mol. The van der Waals surface area contributed by atoms with E-state index in [2.05, 4.69) is 11.7 Å². The number of benzene rings is 1. The molecule has 0 aliphatic carbocycles. The minimum atomic E-state index is -1.23. The Morgan fingerprint density at radius 3 is 1.79 bits per heavy atom. The van der Waals surface area contributed by atoms with Crippen LogP contribution in [0.15, 0.2) is 24.3 Å². The van der Waals surface area contributed by atoms with E-state index in [1.54, 1.807) is 0 Å². The Morgan fingerprint density at radius 2 is 1.46 bits per heavy atom. The Kier molecular flexibility index (Phi) is 10.6. The van der Waals surface area contributed by atoms with E-state index in [0.29, 0.717) is 0 Å². The summed E-state index contributed by atoms with van der Waals surface area (Å²) in [6.07, 6.45) is 3.74. The highest BCUT2D eigenvalue weighted by molar-refractivity contribution is 6.01. The summed E-state index contributed by atoms with van der Waals surface area (Å²) >= 11 is 0. The van der Waals surface area contributed by atoms with Gasteiger partial charge < -0.3 is 20.1 Å². The van der Waals surface area contributed by atoms with Crippen LogP contribution < -0.4 is 0 Å². The normalized spacial score (nSPS) is 10.9. The molecule has 1 rings (SSSR count). The van der Waals surface area contributed by atoms with Gasteiger partial charge in [0.25, 0.3) is 0 Å². The predicted molar refractivity (Wildman–Crippen MR) is 87.7 cm³/mol. The zero-order valence-electron chi connectivity index (χ0n) is 13.9. The second kappa shape index (κ2) is 11.9. The molecule has 0 bridgehead atoms. The first-order chi connectivity index (χ1) is 11.3. The van der Waals surface area contributed by atoms with Crippen LogP contribution in [0.5, 0.6) is 0 Å². The number of hydrogen-bond donors (Lipinski definition) is 3.